The lowest BCUT2D eigenvalue weighted by atomic mass is 10.0. The fraction of sp³-hybridized carbons (Fsp3) is 0.375. The Morgan fingerprint density at radius 1 is 1.10 bits per heavy atom. The van der Waals surface area contributed by atoms with Crippen LogP contribution in [-0.2, 0) is 0 Å². The maximum absolute atomic E-state index is 5.30. The lowest BCUT2D eigenvalue weighted by molar-refractivity contribution is 0.390. The number of hydrogen-bond donors (Lipinski definition) is 1. The first-order chi connectivity index (χ1) is 10.3. The molecular formula is C16H21N3O2. The van der Waals surface area contributed by atoms with Gasteiger partial charge in [0, 0.05) is 6.07 Å². The standard InChI is InChI=1S/C16H21N3O2/c1-4-10-17-16(12-6-5-7-13(11-12)20-2)14-8-9-15(21-3)19-18-14/h5-9,11,16-17H,4,10H2,1-3H3. The molecule has 0 aliphatic rings. The van der Waals surface area contributed by atoms with Crippen molar-refractivity contribution in [2.24, 2.45) is 0 Å². The molecule has 0 aliphatic carbocycles. The van der Waals surface area contributed by atoms with Gasteiger partial charge in [-0.05, 0) is 36.7 Å². The third-order valence-electron chi connectivity index (χ3n) is 3.19. The monoisotopic (exact) mass is 287 g/mol. The Morgan fingerprint density at radius 2 is 1.95 bits per heavy atom. The number of aromatic nitrogens is 2. The number of hydrogen-bond acceptors (Lipinski definition) is 5. The quantitative estimate of drug-likeness (QED) is 0.848. The Labute approximate surface area is 125 Å². The summed E-state index contributed by atoms with van der Waals surface area (Å²) in [6, 6.07) is 11.7. The summed E-state index contributed by atoms with van der Waals surface area (Å²) in [5, 5.41) is 11.8. The van der Waals surface area contributed by atoms with Crippen LogP contribution in [0.5, 0.6) is 11.6 Å². The van der Waals surface area contributed by atoms with Gasteiger partial charge in [0.1, 0.15) is 5.75 Å². The molecule has 5 nitrogen and oxygen atoms in total. The maximum Gasteiger partial charge on any atom is 0.233 e. The van der Waals surface area contributed by atoms with Crippen LogP contribution in [0.3, 0.4) is 0 Å². The van der Waals surface area contributed by atoms with Gasteiger partial charge >= 0.3 is 0 Å². The molecule has 2 rings (SSSR count). The van der Waals surface area contributed by atoms with E-state index in [-0.39, 0.29) is 6.04 Å². The molecule has 0 spiro atoms. The molecule has 0 bridgehead atoms. The summed E-state index contributed by atoms with van der Waals surface area (Å²) in [5.41, 5.74) is 1.96. The molecule has 1 N–H and O–H groups in total. The van der Waals surface area contributed by atoms with Crippen molar-refractivity contribution in [3.05, 3.63) is 47.7 Å². The fourth-order valence-electron chi connectivity index (χ4n) is 2.10. The van der Waals surface area contributed by atoms with Crippen LogP contribution in [0.25, 0.3) is 0 Å². The minimum absolute atomic E-state index is 0.0153. The summed E-state index contributed by atoms with van der Waals surface area (Å²) < 4.78 is 10.4. The summed E-state index contributed by atoms with van der Waals surface area (Å²) in [5.74, 6) is 1.34. The van der Waals surface area contributed by atoms with Crippen molar-refractivity contribution in [2.45, 2.75) is 19.4 Å². The summed E-state index contributed by atoms with van der Waals surface area (Å²) in [7, 11) is 3.25. The van der Waals surface area contributed by atoms with E-state index in [0.717, 1.165) is 30.0 Å². The average Bonchev–Trinajstić information content (AvgIpc) is 2.56. The number of methoxy groups -OCH3 is 2. The highest BCUT2D eigenvalue weighted by molar-refractivity contribution is 5.34. The van der Waals surface area contributed by atoms with Crippen molar-refractivity contribution in [3.63, 3.8) is 0 Å². The van der Waals surface area contributed by atoms with E-state index < -0.39 is 0 Å². The van der Waals surface area contributed by atoms with E-state index in [1.165, 1.54) is 0 Å². The molecule has 5 heteroatoms. The van der Waals surface area contributed by atoms with Gasteiger partial charge in [-0.2, -0.15) is 0 Å². The van der Waals surface area contributed by atoms with E-state index in [1.54, 1.807) is 14.2 Å². The summed E-state index contributed by atoms with van der Waals surface area (Å²) >= 11 is 0. The topological polar surface area (TPSA) is 56.3 Å². The summed E-state index contributed by atoms with van der Waals surface area (Å²) in [6.07, 6.45) is 1.05. The zero-order chi connectivity index (χ0) is 15.1. The Morgan fingerprint density at radius 3 is 2.57 bits per heavy atom. The maximum atomic E-state index is 5.30. The zero-order valence-electron chi connectivity index (χ0n) is 12.7. The van der Waals surface area contributed by atoms with Gasteiger partial charge in [-0.3, -0.25) is 0 Å². The summed E-state index contributed by atoms with van der Waals surface area (Å²) in [4.78, 5) is 0. The number of nitrogens with one attached hydrogen (secondary N) is 1. The Kier molecular flexibility index (Phi) is 5.51. The molecule has 1 atom stereocenters. The van der Waals surface area contributed by atoms with E-state index in [1.807, 2.05) is 30.3 Å². The first kappa shape index (κ1) is 15.3. The lowest BCUT2D eigenvalue weighted by Gasteiger charge is -2.18. The van der Waals surface area contributed by atoms with Gasteiger partial charge in [0.25, 0.3) is 0 Å². The van der Waals surface area contributed by atoms with Crippen LogP contribution >= 0.6 is 0 Å². The normalized spacial score (nSPS) is 12.0. The molecule has 0 saturated heterocycles. The Balaban J connectivity index is 2.31. The highest BCUT2D eigenvalue weighted by atomic mass is 16.5. The Bertz CT molecular complexity index is 558. The number of ether oxygens (including phenoxy) is 2. The molecule has 1 unspecified atom stereocenters. The first-order valence-electron chi connectivity index (χ1n) is 7.03. The molecule has 1 heterocycles. The molecule has 0 radical (unpaired) electrons. The van der Waals surface area contributed by atoms with Gasteiger partial charge in [-0.15, -0.1) is 10.2 Å². The number of rotatable bonds is 7. The predicted molar refractivity (Wildman–Crippen MR) is 81.7 cm³/mol. The molecule has 0 amide bonds. The van der Waals surface area contributed by atoms with E-state index in [4.69, 9.17) is 9.47 Å². The molecule has 0 fully saturated rings. The van der Waals surface area contributed by atoms with Crippen LogP contribution in [0.2, 0.25) is 0 Å². The lowest BCUT2D eigenvalue weighted by Crippen LogP contribution is -2.24. The SMILES string of the molecule is CCCNC(c1cccc(OC)c1)c1ccc(OC)nn1. The second-order valence-corrected chi connectivity index (χ2v) is 4.66. The molecule has 0 aliphatic heterocycles. The minimum atomic E-state index is -0.0153. The molecule has 0 saturated carbocycles. The van der Waals surface area contributed by atoms with Crippen molar-refractivity contribution in [1.29, 1.82) is 0 Å². The van der Waals surface area contributed by atoms with Crippen molar-refractivity contribution in [3.8, 4) is 11.6 Å². The van der Waals surface area contributed by atoms with Gasteiger partial charge in [0.15, 0.2) is 0 Å². The molecule has 21 heavy (non-hydrogen) atoms. The van der Waals surface area contributed by atoms with Crippen LogP contribution in [0.15, 0.2) is 36.4 Å². The predicted octanol–water partition coefficient (Wildman–Crippen LogP) is 2.58. The highest BCUT2D eigenvalue weighted by Crippen LogP contribution is 2.24. The molecule has 1 aromatic carbocycles. The fourth-order valence-corrected chi connectivity index (χ4v) is 2.10. The first-order valence-corrected chi connectivity index (χ1v) is 7.03. The van der Waals surface area contributed by atoms with Gasteiger partial charge in [-0.25, -0.2) is 0 Å². The van der Waals surface area contributed by atoms with Crippen LogP contribution in [-0.4, -0.2) is 31.0 Å². The third kappa shape index (κ3) is 3.92. The third-order valence-corrected chi connectivity index (χ3v) is 3.19. The van der Waals surface area contributed by atoms with Crippen molar-refractivity contribution in [1.82, 2.24) is 15.5 Å². The van der Waals surface area contributed by atoms with Crippen molar-refractivity contribution < 1.29 is 9.47 Å². The number of benzene rings is 1. The molecule has 112 valence electrons. The largest absolute Gasteiger partial charge is 0.497 e. The molecule has 1 aromatic heterocycles. The zero-order valence-corrected chi connectivity index (χ0v) is 12.7. The summed E-state index contributed by atoms with van der Waals surface area (Å²) in [6.45, 7) is 3.03. The number of nitrogens with zero attached hydrogens (tertiary/aromatic N) is 2. The highest BCUT2D eigenvalue weighted by Gasteiger charge is 2.16. The van der Waals surface area contributed by atoms with Gasteiger partial charge in [0.2, 0.25) is 5.88 Å². The van der Waals surface area contributed by atoms with Gasteiger partial charge in [0.05, 0.1) is 26.0 Å². The van der Waals surface area contributed by atoms with E-state index in [9.17, 15) is 0 Å². The van der Waals surface area contributed by atoms with E-state index in [0.29, 0.717) is 5.88 Å². The van der Waals surface area contributed by atoms with Gasteiger partial charge in [-0.1, -0.05) is 19.1 Å². The van der Waals surface area contributed by atoms with Gasteiger partial charge < -0.3 is 14.8 Å². The van der Waals surface area contributed by atoms with Crippen LogP contribution in [0.1, 0.15) is 30.6 Å². The second kappa shape index (κ2) is 7.59. The van der Waals surface area contributed by atoms with E-state index >= 15 is 0 Å². The minimum Gasteiger partial charge on any atom is -0.497 e. The van der Waals surface area contributed by atoms with Crippen molar-refractivity contribution in [2.75, 3.05) is 20.8 Å². The van der Waals surface area contributed by atoms with Crippen molar-refractivity contribution >= 4 is 0 Å². The van der Waals surface area contributed by atoms with Crippen LogP contribution in [0.4, 0.5) is 0 Å². The molecule has 2 aromatic rings. The Hall–Kier alpha value is -2.14. The van der Waals surface area contributed by atoms with Crippen LogP contribution in [0, 0.1) is 0 Å². The average molecular weight is 287 g/mol. The second-order valence-electron chi connectivity index (χ2n) is 4.66. The smallest absolute Gasteiger partial charge is 0.233 e. The molecular weight excluding hydrogens is 266 g/mol. The van der Waals surface area contributed by atoms with Crippen LogP contribution < -0.4 is 14.8 Å². The van der Waals surface area contributed by atoms with E-state index in [2.05, 4.69) is 28.5 Å².